The number of methoxy groups -OCH3 is 2. The maximum absolute atomic E-state index is 12.0. The summed E-state index contributed by atoms with van der Waals surface area (Å²) in [7, 11) is 2.86. The molecule has 1 atom stereocenters. The molecule has 0 fully saturated rings. The smallest absolute Gasteiger partial charge is 0.335 e. The molecule has 1 unspecified atom stereocenters. The first-order valence-electron chi connectivity index (χ1n) is 10.5. The van der Waals surface area contributed by atoms with Gasteiger partial charge in [-0.1, -0.05) is 91.0 Å². The number of aromatic nitrogens is 2. The fourth-order valence-electron chi connectivity index (χ4n) is 4.22. The standard InChI is InChI=1S/C27H26N2O3/c1-31-25(26(30)32-2)18-24-19-29(20-28-24)27(21-12-6-3-7-13-21,22-14-8-4-9-15-22)23-16-10-5-11-17-23/h3-17,19-20,25H,18H2,1-2H3. The minimum Gasteiger partial charge on any atom is -0.467 e. The van der Waals surface area contributed by atoms with Crippen LogP contribution in [0.5, 0.6) is 0 Å². The summed E-state index contributed by atoms with van der Waals surface area (Å²) >= 11 is 0. The van der Waals surface area contributed by atoms with Crippen LogP contribution in [0.2, 0.25) is 0 Å². The molecule has 5 heteroatoms. The van der Waals surface area contributed by atoms with Crippen molar-refractivity contribution in [2.45, 2.75) is 18.1 Å². The first-order chi connectivity index (χ1) is 15.7. The molecule has 0 aliphatic rings. The molecule has 3 aromatic carbocycles. The summed E-state index contributed by atoms with van der Waals surface area (Å²) in [5, 5.41) is 0. The predicted octanol–water partition coefficient (Wildman–Crippen LogP) is 4.45. The fraction of sp³-hybridized carbons (Fsp3) is 0.185. The van der Waals surface area contributed by atoms with Crippen molar-refractivity contribution < 1.29 is 14.3 Å². The molecule has 0 aliphatic carbocycles. The molecule has 0 saturated carbocycles. The Hall–Kier alpha value is -3.70. The van der Waals surface area contributed by atoms with Gasteiger partial charge in [0.1, 0.15) is 5.54 Å². The Bertz CT molecular complexity index is 1040. The summed E-state index contributed by atoms with van der Waals surface area (Å²) in [5.41, 5.74) is 3.44. The third-order valence-corrected chi connectivity index (χ3v) is 5.74. The van der Waals surface area contributed by atoms with Crippen LogP contribution in [0.25, 0.3) is 0 Å². The van der Waals surface area contributed by atoms with Crippen LogP contribution in [0, 0.1) is 0 Å². The van der Waals surface area contributed by atoms with E-state index in [0.29, 0.717) is 6.42 Å². The van der Waals surface area contributed by atoms with Crippen molar-refractivity contribution >= 4 is 5.97 Å². The average molecular weight is 427 g/mol. The molecule has 0 radical (unpaired) electrons. The lowest BCUT2D eigenvalue weighted by Crippen LogP contribution is -2.37. The van der Waals surface area contributed by atoms with E-state index in [0.717, 1.165) is 22.4 Å². The van der Waals surface area contributed by atoms with E-state index in [2.05, 4.69) is 45.9 Å². The zero-order valence-electron chi connectivity index (χ0n) is 18.2. The second-order valence-electron chi connectivity index (χ2n) is 7.53. The van der Waals surface area contributed by atoms with Crippen LogP contribution in [0.15, 0.2) is 104 Å². The third-order valence-electron chi connectivity index (χ3n) is 5.74. The number of hydrogen-bond donors (Lipinski definition) is 0. The van der Waals surface area contributed by atoms with Gasteiger partial charge in [0.2, 0.25) is 0 Å². The van der Waals surface area contributed by atoms with Gasteiger partial charge in [0.25, 0.3) is 0 Å². The van der Waals surface area contributed by atoms with E-state index in [1.165, 1.54) is 14.2 Å². The minimum absolute atomic E-state index is 0.324. The number of imidazole rings is 1. The Morgan fingerprint density at radius 3 is 1.72 bits per heavy atom. The highest BCUT2D eigenvalue weighted by Crippen LogP contribution is 2.40. The van der Waals surface area contributed by atoms with Crippen molar-refractivity contribution in [3.8, 4) is 0 Å². The molecule has 0 aliphatic heterocycles. The molecule has 1 aromatic heterocycles. The van der Waals surface area contributed by atoms with Crippen molar-refractivity contribution in [3.05, 3.63) is 126 Å². The van der Waals surface area contributed by atoms with Crippen LogP contribution in [-0.4, -0.2) is 35.8 Å². The molecule has 0 bridgehead atoms. The van der Waals surface area contributed by atoms with Crippen LogP contribution in [0.1, 0.15) is 22.4 Å². The van der Waals surface area contributed by atoms with Crippen molar-refractivity contribution in [2.24, 2.45) is 0 Å². The number of carbonyl (C=O) groups is 1. The highest BCUT2D eigenvalue weighted by molar-refractivity contribution is 5.74. The van der Waals surface area contributed by atoms with Crippen LogP contribution >= 0.6 is 0 Å². The van der Waals surface area contributed by atoms with Gasteiger partial charge in [-0.05, 0) is 16.7 Å². The summed E-state index contributed by atoms with van der Waals surface area (Å²) in [5.74, 6) is -0.414. The Balaban J connectivity index is 1.92. The fourth-order valence-corrected chi connectivity index (χ4v) is 4.22. The predicted molar refractivity (Wildman–Crippen MR) is 123 cm³/mol. The number of rotatable bonds is 8. The number of esters is 1. The van der Waals surface area contributed by atoms with Crippen LogP contribution in [0.3, 0.4) is 0 Å². The summed E-state index contributed by atoms with van der Waals surface area (Å²) in [4.78, 5) is 16.7. The maximum Gasteiger partial charge on any atom is 0.335 e. The van der Waals surface area contributed by atoms with Crippen molar-refractivity contribution in [3.63, 3.8) is 0 Å². The molecule has 0 amide bonds. The van der Waals surface area contributed by atoms with Crippen molar-refractivity contribution in [1.29, 1.82) is 0 Å². The normalized spacial score (nSPS) is 12.3. The van der Waals surface area contributed by atoms with Gasteiger partial charge in [-0.2, -0.15) is 0 Å². The number of carbonyl (C=O) groups excluding carboxylic acids is 1. The lowest BCUT2D eigenvalue weighted by Gasteiger charge is -2.37. The van der Waals surface area contributed by atoms with E-state index in [1.807, 2.05) is 67.1 Å². The highest BCUT2D eigenvalue weighted by atomic mass is 16.6. The largest absolute Gasteiger partial charge is 0.467 e. The topological polar surface area (TPSA) is 53.4 Å². The molecule has 0 saturated heterocycles. The first kappa shape index (κ1) is 21.5. The summed E-state index contributed by atoms with van der Waals surface area (Å²) in [6.45, 7) is 0. The molecule has 0 spiro atoms. The average Bonchev–Trinajstić information content (AvgIpc) is 3.33. The van der Waals surface area contributed by atoms with E-state index in [-0.39, 0.29) is 0 Å². The maximum atomic E-state index is 12.0. The number of benzene rings is 3. The van der Waals surface area contributed by atoms with E-state index in [4.69, 9.17) is 9.47 Å². The van der Waals surface area contributed by atoms with Gasteiger partial charge >= 0.3 is 5.97 Å². The molecular weight excluding hydrogens is 400 g/mol. The summed E-state index contributed by atoms with van der Waals surface area (Å²) < 4.78 is 12.3. The van der Waals surface area contributed by atoms with E-state index in [9.17, 15) is 4.79 Å². The molecule has 0 N–H and O–H groups in total. The van der Waals surface area contributed by atoms with Crippen molar-refractivity contribution in [2.75, 3.05) is 14.2 Å². The van der Waals surface area contributed by atoms with Crippen LogP contribution < -0.4 is 0 Å². The number of hydrogen-bond acceptors (Lipinski definition) is 4. The second kappa shape index (κ2) is 9.62. The third kappa shape index (κ3) is 3.95. The number of ether oxygens (including phenoxy) is 2. The van der Waals surface area contributed by atoms with E-state index < -0.39 is 17.6 Å². The molecule has 4 rings (SSSR count). The van der Waals surface area contributed by atoms with Gasteiger partial charge in [0, 0.05) is 19.7 Å². The molecule has 5 nitrogen and oxygen atoms in total. The molecule has 4 aromatic rings. The minimum atomic E-state index is -0.706. The zero-order valence-corrected chi connectivity index (χ0v) is 18.2. The van der Waals surface area contributed by atoms with E-state index >= 15 is 0 Å². The van der Waals surface area contributed by atoms with Gasteiger partial charge in [-0.25, -0.2) is 9.78 Å². The molecular formula is C27H26N2O3. The highest BCUT2D eigenvalue weighted by Gasteiger charge is 2.38. The van der Waals surface area contributed by atoms with Gasteiger partial charge in [-0.15, -0.1) is 0 Å². The number of nitrogens with zero attached hydrogens (tertiary/aromatic N) is 2. The van der Waals surface area contributed by atoms with Crippen LogP contribution in [0.4, 0.5) is 0 Å². The quantitative estimate of drug-likeness (QED) is 0.308. The Morgan fingerprint density at radius 1 is 0.844 bits per heavy atom. The Kier molecular flexibility index (Phi) is 6.47. The lowest BCUT2D eigenvalue weighted by molar-refractivity contribution is -0.152. The lowest BCUT2D eigenvalue weighted by atomic mass is 9.77. The van der Waals surface area contributed by atoms with Crippen molar-refractivity contribution in [1.82, 2.24) is 9.55 Å². The van der Waals surface area contributed by atoms with E-state index in [1.54, 1.807) is 0 Å². The summed E-state index contributed by atoms with van der Waals surface area (Å²) in [6, 6.07) is 31.1. The summed E-state index contributed by atoms with van der Waals surface area (Å²) in [6.07, 6.45) is 3.43. The van der Waals surface area contributed by atoms with Crippen LogP contribution in [-0.2, 0) is 26.2 Å². The Labute approximate surface area is 188 Å². The zero-order chi connectivity index (χ0) is 22.4. The molecule has 32 heavy (non-hydrogen) atoms. The monoisotopic (exact) mass is 426 g/mol. The second-order valence-corrected chi connectivity index (χ2v) is 7.53. The van der Waals surface area contributed by atoms with Gasteiger partial charge in [-0.3, -0.25) is 0 Å². The molecule has 162 valence electrons. The first-order valence-corrected chi connectivity index (χ1v) is 10.5. The molecule has 1 heterocycles. The van der Waals surface area contributed by atoms with Gasteiger partial charge < -0.3 is 14.0 Å². The van der Waals surface area contributed by atoms with Gasteiger partial charge in [0.15, 0.2) is 6.10 Å². The van der Waals surface area contributed by atoms with Gasteiger partial charge in [0.05, 0.1) is 19.1 Å². The Morgan fingerprint density at radius 2 is 1.31 bits per heavy atom. The SMILES string of the molecule is COC(=O)C(Cc1cn(C(c2ccccc2)(c2ccccc2)c2ccccc2)cn1)OC.